The summed E-state index contributed by atoms with van der Waals surface area (Å²) >= 11 is 6.26. The van der Waals surface area contributed by atoms with Crippen molar-refractivity contribution < 1.29 is 0 Å². The lowest BCUT2D eigenvalue weighted by molar-refractivity contribution is 1.18. The van der Waals surface area contributed by atoms with Crippen molar-refractivity contribution in [2.75, 3.05) is 0 Å². The van der Waals surface area contributed by atoms with Gasteiger partial charge in [-0.3, -0.25) is 0 Å². The number of nitrogens with zero attached hydrogens (tertiary/aromatic N) is 2. The molecule has 176 valence electrons. The normalized spacial score (nSPS) is 10.8. The Bertz CT molecular complexity index is 1660. The molecule has 2 nitrogen and oxygen atoms in total. The molecule has 0 spiro atoms. The van der Waals surface area contributed by atoms with Gasteiger partial charge in [-0.05, 0) is 46.5 Å². The Morgan fingerprint density at radius 2 is 0.838 bits per heavy atom. The predicted octanol–water partition coefficient (Wildman–Crippen LogP) is 9.46. The fourth-order valence-corrected chi connectivity index (χ4v) is 4.64. The van der Waals surface area contributed by atoms with E-state index in [2.05, 4.69) is 84.9 Å². The number of halogens is 1. The summed E-state index contributed by atoms with van der Waals surface area (Å²) in [6.45, 7) is 0. The van der Waals surface area contributed by atoms with Gasteiger partial charge < -0.3 is 0 Å². The Labute approximate surface area is 221 Å². The molecule has 0 saturated carbocycles. The average molecular weight is 495 g/mol. The zero-order valence-corrected chi connectivity index (χ0v) is 20.8. The van der Waals surface area contributed by atoms with Crippen LogP contribution in [0.25, 0.3) is 56.2 Å². The third kappa shape index (κ3) is 5.06. The average Bonchev–Trinajstić information content (AvgIpc) is 2.98. The van der Waals surface area contributed by atoms with Crippen molar-refractivity contribution in [1.29, 1.82) is 0 Å². The van der Waals surface area contributed by atoms with Gasteiger partial charge in [-0.1, -0.05) is 127 Å². The van der Waals surface area contributed by atoms with Crippen LogP contribution in [-0.4, -0.2) is 9.97 Å². The zero-order chi connectivity index (χ0) is 25.0. The summed E-state index contributed by atoms with van der Waals surface area (Å²) < 4.78 is 0. The number of aromatic nitrogens is 2. The third-order valence-corrected chi connectivity index (χ3v) is 6.60. The molecular weight excluding hydrogens is 472 g/mol. The second-order valence-electron chi connectivity index (χ2n) is 8.86. The molecule has 1 aromatic heterocycles. The molecule has 1 heterocycles. The van der Waals surface area contributed by atoms with Crippen molar-refractivity contribution in [2.24, 2.45) is 0 Å². The maximum Gasteiger partial charge on any atom is 0.160 e. The molecule has 0 aliphatic heterocycles. The van der Waals surface area contributed by atoms with Crippen LogP contribution in [0.5, 0.6) is 0 Å². The molecule has 0 aliphatic rings. The Morgan fingerprint density at radius 3 is 1.51 bits per heavy atom. The standard InChI is InChI=1S/C34H23ClN2/c35-31-16-8-14-29(22-31)28-13-7-15-30(21-28)33-23-32(36-34(37-33)27-11-5-2-6-12-27)26-19-17-25(18-20-26)24-9-3-1-4-10-24/h1-23H. The molecule has 0 amide bonds. The van der Waals surface area contributed by atoms with E-state index in [4.69, 9.17) is 21.6 Å². The van der Waals surface area contributed by atoms with E-state index in [1.807, 2.05) is 54.6 Å². The first-order chi connectivity index (χ1) is 18.2. The molecule has 0 N–H and O–H groups in total. The molecule has 5 aromatic carbocycles. The molecule has 0 aliphatic carbocycles. The first kappa shape index (κ1) is 22.9. The summed E-state index contributed by atoms with van der Waals surface area (Å²) in [5.41, 5.74) is 9.35. The van der Waals surface area contributed by atoms with E-state index < -0.39 is 0 Å². The molecule has 6 aromatic rings. The first-order valence-corrected chi connectivity index (χ1v) is 12.6. The van der Waals surface area contributed by atoms with Crippen LogP contribution in [-0.2, 0) is 0 Å². The lowest BCUT2D eigenvalue weighted by atomic mass is 9.99. The van der Waals surface area contributed by atoms with Crippen LogP contribution in [0.2, 0.25) is 5.02 Å². The molecule has 37 heavy (non-hydrogen) atoms. The van der Waals surface area contributed by atoms with E-state index in [-0.39, 0.29) is 0 Å². The van der Waals surface area contributed by atoms with Gasteiger partial charge in [0.1, 0.15) is 0 Å². The fraction of sp³-hybridized carbons (Fsp3) is 0. The van der Waals surface area contributed by atoms with Gasteiger partial charge in [-0.25, -0.2) is 9.97 Å². The monoisotopic (exact) mass is 494 g/mol. The molecule has 0 fully saturated rings. The summed E-state index contributed by atoms with van der Waals surface area (Å²) in [5, 5.41) is 0.720. The van der Waals surface area contributed by atoms with Crippen LogP contribution in [0, 0.1) is 0 Å². The fourth-order valence-electron chi connectivity index (χ4n) is 4.45. The van der Waals surface area contributed by atoms with Crippen molar-refractivity contribution >= 4 is 11.6 Å². The molecule has 0 radical (unpaired) electrons. The molecular formula is C34H23ClN2. The van der Waals surface area contributed by atoms with Crippen LogP contribution < -0.4 is 0 Å². The second-order valence-corrected chi connectivity index (χ2v) is 9.30. The molecule has 6 rings (SSSR count). The van der Waals surface area contributed by atoms with Crippen LogP contribution in [0.15, 0.2) is 140 Å². The number of rotatable bonds is 5. The summed E-state index contributed by atoms with van der Waals surface area (Å²) in [5.74, 6) is 0.702. The van der Waals surface area contributed by atoms with Crippen LogP contribution >= 0.6 is 11.6 Å². The van der Waals surface area contributed by atoms with Crippen LogP contribution in [0.4, 0.5) is 0 Å². The van der Waals surface area contributed by atoms with E-state index >= 15 is 0 Å². The third-order valence-electron chi connectivity index (χ3n) is 6.36. The number of benzene rings is 5. The van der Waals surface area contributed by atoms with E-state index in [1.165, 1.54) is 11.1 Å². The number of hydrogen-bond donors (Lipinski definition) is 0. The summed E-state index contributed by atoms with van der Waals surface area (Å²) in [7, 11) is 0. The summed E-state index contributed by atoms with van der Waals surface area (Å²) in [4.78, 5) is 9.95. The van der Waals surface area contributed by atoms with Gasteiger partial charge in [0.2, 0.25) is 0 Å². The SMILES string of the molecule is Clc1cccc(-c2cccc(-c3cc(-c4ccc(-c5ccccc5)cc4)nc(-c4ccccc4)n3)c2)c1. The maximum absolute atomic E-state index is 6.26. The summed E-state index contributed by atoms with van der Waals surface area (Å²) in [6.07, 6.45) is 0. The van der Waals surface area contributed by atoms with Gasteiger partial charge in [0.15, 0.2) is 5.82 Å². The van der Waals surface area contributed by atoms with Crippen molar-refractivity contribution in [1.82, 2.24) is 9.97 Å². The minimum absolute atomic E-state index is 0.702. The Kier molecular flexibility index (Phi) is 6.33. The smallest absolute Gasteiger partial charge is 0.160 e. The van der Waals surface area contributed by atoms with Gasteiger partial charge in [-0.15, -0.1) is 0 Å². The largest absolute Gasteiger partial charge is 0.228 e. The maximum atomic E-state index is 6.26. The molecule has 0 unspecified atom stereocenters. The predicted molar refractivity (Wildman–Crippen MR) is 154 cm³/mol. The van der Waals surface area contributed by atoms with Gasteiger partial charge >= 0.3 is 0 Å². The quantitative estimate of drug-likeness (QED) is 0.238. The van der Waals surface area contributed by atoms with Crippen molar-refractivity contribution in [3.8, 4) is 56.2 Å². The Hall–Kier alpha value is -4.53. The molecule has 0 bridgehead atoms. The topological polar surface area (TPSA) is 25.8 Å². The second kappa shape index (κ2) is 10.2. The number of hydrogen-bond acceptors (Lipinski definition) is 2. The molecule has 3 heteroatoms. The zero-order valence-electron chi connectivity index (χ0n) is 20.1. The minimum Gasteiger partial charge on any atom is -0.228 e. The van der Waals surface area contributed by atoms with E-state index in [0.29, 0.717) is 5.82 Å². The van der Waals surface area contributed by atoms with Gasteiger partial charge in [0.25, 0.3) is 0 Å². The highest BCUT2D eigenvalue weighted by Gasteiger charge is 2.12. The highest BCUT2D eigenvalue weighted by molar-refractivity contribution is 6.30. The highest BCUT2D eigenvalue weighted by atomic mass is 35.5. The van der Waals surface area contributed by atoms with E-state index in [1.54, 1.807) is 0 Å². The lowest BCUT2D eigenvalue weighted by Crippen LogP contribution is -1.96. The molecule has 0 saturated heterocycles. The lowest BCUT2D eigenvalue weighted by Gasteiger charge is -2.11. The molecule has 0 atom stereocenters. The van der Waals surface area contributed by atoms with Crippen molar-refractivity contribution in [3.63, 3.8) is 0 Å². The Morgan fingerprint density at radius 1 is 0.351 bits per heavy atom. The van der Waals surface area contributed by atoms with Gasteiger partial charge in [0.05, 0.1) is 11.4 Å². The minimum atomic E-state index is 0.702. The van der Waals surface area contributed by atoms with Crippen LogP contribution in [0.1, 0.15) is 0 Å². The Balaban J connectivity index is 1.45. The van der Waals surface area contributed by atoms with Crippen LogP contribution in [0.3, 0.4) is 0 Å². The van der Waals surface area contributed by atoms with Gasteiger partial charge in [-0.2, -0.15) is 0 Å². The summed E-state index contributed by atoms with van der Waals surface area (Å²) in [6, 6.07) is 47.5. The van der Waals surface area contributed by atoms with Crippen molar-refractivity contribution in [3.05, 3.63) is 145 Å². The highest BCUT2D eigenvalue weighted by Crippen LogP contribution is 2.31. The van der Waals surface area contributed by atoms with Crippen molar-refractivity contribution in [2.45, 2.75) is 0 Å². The first-order valence-electron chi connectivity index (χ1n) is 12.2. The van der Waals surface area contributed by atoms with Gasteiger partial charge in [0, 0.05) is 21.7 Å². The van der Waals surface area contributed by atoms with E-state index in [9.17, 15) is 0 Å². The van der Waals surface area contributed by atoms with E-state index in [0.717, 1.165) is 44.2 Å².